The van der Waals surface area contributed by atoms with Crippen LogP contribution in [0, 0.1) is 10.1 Å². The maximum Gasteiger partial charge on any atom is 0.337 e. The van der Waals surface area contributed by atoms with Crippen LogP contribution in [0.25, 0.3) is 6.08 Å². The van der Waals surface area contributed by atoms with Crippen molar-refractivity contribution in [3.8, 4) is 0 Å². The Bertz CT molecular complexity index is 1030. The molecule has 0 atom stereocenters. The molecular formula is C20H17N3O5S. The van der Waals surface area contributed by atoms with Gasteiger partial charge in [-0.25, -0.2) is 9.79 Å². The summed E-state index contributed by atoms with van der Waals surface area (Å²) in [6.45, 7) is 2.27. The Hall–Kier alpha value is -3.46. The van der Waals surface area contributed by atoms with Gasteiger partial charge in [-0.15, -0.1) is 0 Å². The molecule has 3 rings (SSSR count). The second kappa shape index (κ2) is 8.70. The predicted molar refractivity (Wildman–Crippen MR) is 111 cm³/mol. The molecule has 2 aromatic rings. The Labute approximate surface area is 171 Å². The summed E-state index contributed by atoms with van der Waals surface area (Å²) >= 11 is 1.20. The molecule has 0 radical (unpaired) electrons. The zero-order valence-electron chi connectivity index (χ0n) is 15.7. The number of ether oxygens (including phenoxy) is 1. The number of nitrogens with zero attached hydrogens (tertiary/aromatic N) is 3. The van der Waals surface area contributed by atoms with Crippen molar-refractivity contribution in [2.24, 2.45) is 4.99 Å². The molecular weight excluding hydrogens is 394 g/mol. The summed E-state index contributed by atoms with van der Waals surface area (Å²) < 4.78 is 4.67. The van der Waals surface area contributed by atoms with Crippen LogP contribution < -0.4 is 0 Å². The first-order valence-electron chi connectivity index (χ1n) is 8.66. The number of nitro groups is 1. The highest BCUT2D eigenvalue weighted by atomic mass is 32.2. The summed E-state index contributed by atoms with van der Waals surface area (Å²) in [6.07, 6.45) is 1.62. The molecule has 1 saturated heterocycles. The molecule has 2 aromatic carbocycles. The first kappa shape index (κ1) is 20.3. The van der Waals surface area contributed by atoms with Gasteiger partial charge in [-0.2, -0.15) is 0 Å². The third kappa shape index (κ3) is 4.52. The number of amidine groups is 1. The predicted octanol–water partition coefficient (Wildman–Crippen LogP) is 4.01. The smallest absolute Gasteiger partial charge is 0.337 e. The number of rotatable bonds is 5. The molecule has 148 valence electrons. The first-order chi connectivity index (χ1) is 13.9. The second-order valence-electron chi connectivity index (χ2n) is 5.94. The molecule has 0 spiro atoms. The molecule has 0 aliphatic carbocycles. The molecule has 1 fully saturated rings. The third-order valence-electron chi connectivity index (χ3n) is 4.10. The van der Waals surface area contributed by atoms with Crippen LogP contribution in [-0.4, -0.2) is 40.5 Å². The highest BCUT2D eigenvalue weighted by Crippen LogP contribution is 2.34. The van der Waals surface area contributed by atoms with Gasteiger partial charge in [0.1, 0.15) is 0 Å². The number of likely N-dealkylation sites (N-methyl/N-ethyl adjacent to an activating group) is 1. The molecule has 29 heavy (non-hydrogen) atoms. The fraction of sp³-hybridized carbons (Fsp3) is 0.150. The standard InChI is InChI=1S/C20H17N3O5S/c1-3-22-18(24)17(12-13-5-4-6-16(11-13)23(26)27)29-20(22)21-15-9-7-14(8-10-15)19(25)28-2/h4-12H,3H2,1-2H3/b17-12+,21-20?. The molecule has 0 aromatic heterocycles. The number of hydrogen-bond donors (Lipinski definition) is 0. The van der Waals surface area contributed by atoms with E-state index in [4.69, 9.17) is 0 Å². The normalized spacial score (nSPS) is 16.5. The average molecular weight is 411 g/mol. The Morgan fingerprint density at radius 2 is 2.00 bits per heavy atom. The van der Waals surface area contributed by atoms with Gasteiger partial charge in [0.2, 0.25) is 0 Å². The number of carbonyl (C=O) groups excluding carboxylic acids is 2. The molecule has 1 aliphatic heterocycles. The molecule has 0 bridgehead atoms. The van der Waals surface area contributed by atoms with Gasteiger partial charge in [0.05, 0.1) is 28.2 Å². The average Bonchev–Trinajstić information content (AvgIpc) is 3.02. The minimum atomic E-state index is -0.477. The van der Waals surface area contributed by atoms with Crippen molar-refractivity contribution in [3.05, 3.63) is 74.7 Å². The summed E-state index contributed by atoms with van der Waals surface area (Å²) in [6, 6.07) is 12.6. The number of benzene rings is 2. The molecule has 1 heterocycles. The van der Waals surface area contributed by atoms with E-state index in [0.717, 1.165) is 0 Å². The van der Waals surface area contributed by atoms with Gasteiger partial charge in [-0.05, 0) is 54.6 Å². The van der Waals surface area contributed by atoms with E-state index in [1.54, 1.807) is 42.5 Å². The van der Waals surface area contributed by atoms with Crippen LogP contribution in [-0.2, 0) is 9.53 Å². The number of aliphatic imine (C=N–C) groups is 1. The van der Waals surface area contributed by atoms with Crippen LogP contribution >= 0.6 is 11.8 Å². The summed E-state index contributed by atoms with van der Waals surface area (Å²) in [7, 11) is 1.31. The summed E-state index contributed by atoms with van der Waals surface area (Å²) in [5.74, 6) is -0.652. The van der Waals surface area contributed by atoms with Gasteiger partial charge in [0.25, 0.3) is 11.6 Å². The molecule has 1 aliphatic rings. The van der Waals surface area contributed by atoms with Crippen LogP contribution in [0.5, 0.6) is 0 Å². The van der Waals surface area contributed by atoms with Crippen molar-refractivity contribution in [3.63, 3.8) is 0 Å². The van der Waals surface area contributed by atoms with E-state index in [1.165, 1.54) is 35.9 Å². The summed E-state index contributed by atoms with van der Waals surface area (Å²) in [4.78, 5) is 41.2. The van der Waals surface area contributed by atoms with Gasteiger partial charge >= 0.3 is 5.97 Å². The number of carbonyl (C=O) groups is 2. The fourth-order valence-electron chi connectivity index (χ4n) is 2.65. The van der Waals surface area contributed by atoms with Crippen molar-refractivity contribution in [1.29, 1.82) is 0 Å². The van der Waals surface area contributed by atoms with E-state index in [2.05, 4.69) is 9.73 Å². The second-order valence-corrected chi connectivity index (χ2v) is 6.95. The topological polar surface area (TPSA) is 102 Å². The maximum absolute atomic E-state index is 12.7. The number of esters is 1. The van der Waals surface area contributed by atoms with Crippen molar-refractivity contribution < 1.29 is 19.2 Å². The number of thioether (sulfide) groups is 1. The van der Waals surface area contributed by atoms with E-state index < -0.39 is 10.9 Å². The molecule has 0 saturated carbocycles. The highest BCUT2D eigenvalue weighted by molar-refractivity contribution is 8.18. The maximum atomic E-state index is 12.7. The van der Waals surface area contributed by atoms with Crippen molar-refractivity contribution in [2.45, 2.75) is 6.92 Å². The quantitative estimate of drug-likeness (QED) is 0.319. The number of hydrogen-bond acceptors (Lipinski definition) is 7. The van der Waals surface area contributed by atoms with Crippen LogP contribution in [0.4, 0.5) is 11.4 Å². The molecule has 9 heteroatoms. The first-order valence-corrected chi connectivity index (χ1v) is 9.47. The number of amides is 1. The minimum absolute atomic E-state index is 0.0401. The molecule has 1 amide bonds. The Kier molecular flexibility index (Phi) is 6.08. The van der Waals surface area contributed by atoms with E-state index in [1.807, 2.05) is 6.92 Å². The number of non-ortho nitro benzene ring substituents is 1. The van der Waals surface area contributed by atoms with Crippen molar-refractivity contribution in [1.82, 2.24) is 4.90 Å². The lowest BCUT2D eigenvalue weighted by Crippen LogP contribution is -2.28. The van der Waals surface area contributed by atoms with Crippen LogP contribution in [0.3, 0.4) is 0 Å². The number of nitro benzene ring substituents is 1. The van der Waals surface area contributed by atoms with Gasteiger partial charge in [-0.1, -0.05) is 12.1 Å². The van der Waals surface area contributed by atoms with Gasteiger partial charge < -0.3 is 4.74 Å². The Morgan fingerprint density at radius 1 is 1.28 bits per heavy atom. The summed E-state index contributed by atoms with van der Waals surface area (Å²) in [5, 5.41) is 11.5. The van der Waals surface area contributed by atoms with Crippen LogP contribution in [0.1, 0.15) is 22.8 Å². The SMILES string of the molecule is CCN1C(=O)/C(=C\c2cccc([N+](=O)[O-])c2)SC1=Nc1ccc(C(=O)OC)cc1. The largest absolute Gasteiger partial charge is 0.465 e. The van der Waals surface area contributed by atoms with Crippen LogP contribution in [0.15, 0.2) is 58.4 Å². The lowest BCUT2D eigenvalue weighted by molar-refractivity contribution is -0.384. The minimum Gasteiger partial charge on any atom is -0.465 e. The molecule has 0 unspecified atom stereocenters. The molecule has 8 nitrogen and oxygen atoms in total. The lowest BCUT2D eigenvalue weighted by atomic mass is 10.2. The van der Waals surface area contributed by atoms with Crippen molar-refractivity contribution in [2.75, 3.05) is 13.7 Å². The van der Waals surface area contributed by atoms with Gasteiger partial charge in [0.15, 0.2) is 5.17 Å². The third-order valence-corrected chi connectivity index (χ3v) is 5.10. The Morgan fingerprint density at radius 3 is 2.62 bits per heavy atom. The van der Waals surface area contributed by atoms with Gasteiger partial charge in [-0.3, -0.25) is 19.8 Å². The van der Waals surface area contributed by atoms with E-state index >= 15 is 0 Å². The van der Waals surface area contributed by atoms with E-state index in [-0.39, 0.29) is 11.6 Å². The van der Waals surface area contributed by atoms with E-state index in [9.17, 15) is 19.7 Å². The molecule has 0 N–H and O–H groups in total. The fourth-order valence-corrected chi connectivity index (χ4v) is 3.71. The number of methoxy groups -OCH3 is 1. The monoisotopic (exact) mass is 411 g/mol. The zero-order chi connectivity index (χ0) is 21.0. The lowest BCUT2D eigenvalue weighted by Gasteiger charge is -2.12. The summed E-state index contributed by atoms with van der Waals surface area (Å²) in [5.41, 5.74) is 1.52. The van der Waals surface area contributed by atoms with E-state index in [0.29, 0.717) is 33.4 Å². The van der Waals surface area contributed by atoms with Crippen LogP contribution in [0.2, 0.25) is 0 Å². The van der Waals surface area contributed by atoms with Crippen molar-refractivity contribution >= 4 is 46.3 Å². The van der Waals surface area contributed by atoms with Gasteiger partial charge in [0, 0.05) is 18.7 Å². The zero-order valence-corrected chi connectivity index (χ0v) is 16.5. The highest BCUT2D eigenvalue weighted by Gasteiger charge is 2.32. The Balaban J connectivity index is 1.89.